The van der Waals surface area contributed by atoms with E-state index in [-0.39, 0.29) is 23.4 Å². The average molecular weight is 411 g/mol. The van der Waals surface area contributed by atoms with Crippen LogP contribution in [0.5, 0.6) is 0 Å². The molecular formula is C21H21N3O4S. The van der Waals surface area contributed by atoms with Crippen LogP contribution in [0.25, 0.3) is 0 Å². The Morgan fingerprint density at radius 2 is 1.86 bits per heavy atom. The third kappa shape index (κ3) is 4.65. The summed E-state index contributed by atoms with van der Waals surface area (Å²) in [6, 6.07) is 13.7. The van der Waals surface area contributed by atoms with E-state index in [1.807, 2.05) is 25.1 Å². The van der Waals surface area contributed by atoms with E-state index in [4.69, 9.17) is 10.1 Å². The Bertz CT molecular complexity index is 959. The molecule has 1 fully saturated rings. The molecule has 0 bridgehead atoms. The number of nitrogens with zero attached hydrogens (tertiary/aromatic N) is 1. The predicted molar refractivity (Wildman–Crippen MR) is 113 cm³/mol. The molecule has 2 aromatic carbocycles. The predicted octanol–water partition coefficient (Wildman–Crippen LogP) is 3.58. The third-order valence-corrected chi connectivity index (χ3v) is 5.42. The number of amidine groups is 1. The molecule has 3 rings (SSSR count). The monoisotopic (exact) mass is 411 g/mol. The number of aryl methyl sites for hydroxylation is 1. The molecule has 0 spiro atoms. The van der Waals surface area contributed by atoms with Gasteiger partial charge >= 0.3 is 5.97 Å². The van der Waals surface area contributed by atoms with Gasteiger partial charge in [-0.1, -0.05) is 30.0 Å². The lowest BCUT2D eigenvalue weighted by atomic mass is 10.1. The number of nitrogens with one attached hydrogen (secondary N) is 2. The summed E-state index contributed by atoms with van der Waals surface area (Å²) in [5, 5.41) is 10.3. The van der Waals surface area contributed by atoms with Gasteiger partial charge in [-0.3, -0.25) is 19.9 Å². The van der Waals surface area contributed by atoms with Gasteiger partial charge in [-0.05, 0) is 49.7 Å². The highest BCUT2D eigenvalue weighted by atomic mass is 32.2. The fraction of sp³-hybridized carbons (Fsp3) is 0.238. The first-order valence-electron chi connectivity index (χ1n) is 9.12. The van der Waals surface area contributed by atoms with Gasteiger partial charge in [0.2, 0.25) is 11.8 Å². The van der Waals surface area contributed by atoms with Crippen LogP contribution in [0, 0.1) is 12.3 Å². The molecule has 1 heterocycles. The SMILES string of the molecule is CCOC(=O)c1ccc(NC(=O)C[C@H]2SC(=N)N(c3ccccc3C)C2=O)cc1. The maximum atomic E-state index is 12.8. The zero-order valence-electron chi connectivity index (χ0n) is 16.1. The lowest BCUT2D eigenvalue weighted by Crippen LogP contribution is -2.33. The van der Waals surface area contributed by atoms with Gasteiger partial charge in [0.25, 0.3) is 0 Å². The first kappa shape index (κ1) is 20.6. The number of anilines is 2. The van der Waals surface area contributed by atoms with Gasteiger partial charge in [0.15, 0.2) is 5.17 Å². The van der Waals surface area contributed by atoms with Gasteiger partial charge in [-0.2, -0.15) is 0 Å². The molecule has 2 aromatic rings. The maximum absolute atomic E-state index is 12.8. The van der Waals surface area contributed by atoms with Crippen molar-refractivity contribution in [2.24, 2.45) is 0 Å². The largest absolute Gasteiger partial charge is 0.462 e. The van der Waals surface area contributed by atoms with Gasteiger partial charge in [-0.15, -0.1) is 0 Å². The van der Waals surface area contributed by atoms with E-state index < -0.39 is 11.2 Å². The number of carbonyl (C=O) groups excluding carboxylic acids is 3. The molecule has 8 heteroatoms. The molecule has 29 heavy (non-hydrogen) atoms. The molecule has 1 aliphatic heterocycles. The summed E-state index contributed by atoms with van der Waals surface area (Å²) in [6.45, 7) is 3.90. The summed E-state index contributed by atoms with van der Waals surface area (Å²) < 4.78 is 4.92. The van der Waals surface area contributed by atoms with Gasteiger partial charge in [0.05, 0.1) is 17.9 Å². The van der Waals surface area contributed by atoms with Crippen molar-refractivity contribution in [1.82, 2.24) is 0 Å². The minimum absolute atomic E-state index is 0.0477. The molecule has 1 saturated heterocycles. The minimum Gasteiger partial charge on any atom is -0.462 e. The molecule has 0 saturated carbocycles. The molecule has 0 aliphatic carbocycles. The van der Waals surface area contributed by atoms with Crippen molar-refractivity contribution >= 4 is 46.1 Å². The quantitative estimate of drug-likeness (QED) is 0.708. The molecule has 0 radical (unpaired) electrons. The first-order chi connectivity index (χ1) is 13.9. The summed E-state index contributed by atoms with van der Waals surface area (Å²) in [6.07, 6.45) is -0.0477. The van der Waals surface area contributed by atoms with Crippen molar-refractivity contribution in [3.05, 3.63) is 59.7 Å². The van der Waals surface area contributed by atoms with Crippen molar-refractivity contribution in [1.29, 1.82) is 5.41 Å². The second kappa shape index (κ2) is 8.91. The standard InChI is InChI=1S/C21H21N3O4S/c1-3-28-20(27)14-8-10-15(11-9-14)23-18(25)12-17-19(26)24(21(22)29-17)16-7-5-4-6-13(16)2/h4-11,17,22H,3,12H2,1-2H3,(H,23,25)/t17-/m1/s1. The Labute approximate surface area is 172 Å². The van der Waals surface area contributed by atoms with Crippen LogP contribution in [0.3, 0.4) is 0 Å². The topological polar surface area (TPSA) is 99.6 Å². The van der Waals surface area contributed by atoms with Gasteiger partial charge in [-0.25, -0.2) is 4.79 Å². The van der Waals surface area contributed by atoms with Gasteiger partial charge in [0.1, 0.15) is 5.25 Å². The van der Waals surface area contributed by atoms with E-state index in [2.05, 4.69) is 5.32 Å². The van der Waals surface area contributed by atoms with Gasteiger partial charge < -0.3 is 10.1 Å². The fourth-order valence-electron chi connectivity index (χ4n) is 2.94. The van der Waals surface area contributed by atoms with E-state index in [0.29, 0.717) is 23.5 Å². The summed E-state index contributed by atoms with van der Waals surface area (Å²) in [5.41, 5.74) is 2.46. The molecule has 0 aromatic heterocycles. The summed E-state index contributed by atoms with van der Waals surface area (Å²) in [4.78, 5) is 38.2. The average Bonchev–Trinajstić information content (AvgIpc) is 2.96. The maximum Gasteiger partial charge on any atom is 0.338 e. The number of amides is 2. The number of ether oxygens (including phenoxy) is 1. The number of benzene rings is 2. The molecule has 1 atom stereocenters. The van der Waals surface area contributed by atoms with Crippen molar-refractivity contribution in [3.8, 4) is 0 Å². The van der Waals surface area contributed by atoms with Crippen molar-refractivity contribution in [2.45, 2.75) is 25.5 Å². The van der Waals surface area contributed by atoms with E-state index in [9.17, 15) is 14.4 Å². The Kier molecular flexibility index (Phi) is 6.33. The second-order valence-electron chi connectivity index (χ2n) is 6.42. The molecule has 2 amide bonds. The highest BCUT2D eigenvalue weighted by Crippen LogP contribution is 2.34. The zero-order chi connectivity index (χ0) is 21.0. The summed E-state index contributed by atoms with van der Waals surface area (Å²) in [5.74, 6) is -1.03. The fourth-order valence-corrected chi connectivity index (χ4v) is 3.94. The number of rotatable bonds is 6. The van der Waals surface area contributed by atoms with Crippen LogP contribution < -0.4 is 10.2 Å². The summed E-state index contributed by atoms with van der Waals surface area (Å²) >= 11 is 1.07. The second-order valence-corrected chi connectivity index (χ2v) is 7.61. The van der Waals surface area contributed by atoms with Crippen LogP contribution in [0.2, 0.25) is 0 Å². The Morgan fingerprint density at radius 1 is 1.17 bits per heavy atom. The number of thioether (sulfide) groups is 1. The molecule has 1 aliphatic rings. The van der Waals surface area contributed by atoms with Crippen LogP contribution in [-0.4, -0.2) is 34.8 Å². The highest BCUT2D eigenvalue weighted by Gasteiger charge is 2.39. The number of esters is 1. The van der Waals surface area contributed by atoms with Crippen molar-refractivity contribution in [2.75, 3.05) is 16.8 Å². The van der Waals surface area contributed by atoms with Crippen LogP contribution in [0.1, 0.15) is 29.3 Å². The van der Waals surface area contributed by atoms with E-state index >= 15 is 0 Å². The Balaban J connectivity index is 1.62. The zero-order valence-corrected chi connectivity index (χ0v) is 16.9. The van der Waals surface area contributed by atoms with Crippen molar-refractivity contribution < 1.29 is 19.1 Å². The van der Waals surface area contributed by atoms with Crippen LogP contribution in [-0.2, 0) is 14.3 Å². The Hall–Kier alpha value is -3.13. The van der Waals surface area contributed by atoms with Crippen LogP contribution >= 0.6 is 11.8 Å². The molecule has 7 nitrogen and oxygen atoms in total. The van der Waals surface area contributed by atoms with E-state index in [1.54, 1.807) is 37.3 Å². The Morgan fingerprint density at radius 3 is 2.52 bits per heavy atom. The highest BCUT2D eigenvalue weighted by molar-refractivity contribution is 8.16. The molecule has 2 N–H and O–H groups in total. The molecule has 150 valence electrons. The number of hydrogen-bond acceptors (Lipinski definition) is 6. The molecule has 0 unspecified atom stereocenters. The van der Waals surface area contributed by atoms with Crippen LogP contribution in [0.4, 0.5) is 11.4 Å². The van der Waals surface area contributed by atoms with E-state index in [0.717, 1.165) is 17.3 Å². The number of hydrogen-bond donors (Lipinski definition) is 2. The first-order valence-corrected chi connectivity index (χ1v) is 10.0. The van der Waals surface area contributed by atoms with Gasteiger partial charge in [0, 0.05) is 12.1 Å². The van der Waals surface area contributed by atoms with Crippen LogP contribution in [0.15, 0.2) is 48.5 Å². The lowest BCUT2D eigenvalue weighted by molar-refractivity contribution is -0.121. The molecular weight excluding hydrogens is 390 g/mol. The van der Waals surface area contributed by atoms with E-state index in [1.165, 1.54) is 4.90 Å². The minimum atomic E-state index is -0.652. The summed E-state index contributed by atoms with van der Waals surface area (Å²) in [7, 11) is 0. The number of para-hydroxylation sites is 1. The smallest absolute Gasteiger partial charge is 0.338 e. The number of carbonyl (C=O) groups is 3. The normalized spacial score (nSPS) is 16.1. The van der Waals surface area contributed by atoms with Crippen molar-refractivity contribution in [3.63, 3.8) is 0 Å². The third-order valence-electron chi connectivity index (χ3n) is 4.36. The lowest BCUT2D eigenvalue weighted by Gasteiger charge is -2.17.